The first kappa shape index (κ1) is 20.9. The number of piperidine rings is 1. The third-order valence-electron chi connectivity index (χ3n) is 4.88. The van der Waals surface area contributed by atoms with Crippen LogP contribution in [0.5, 0.6) is 0 Å². The van der Waals surface area contributed by atoms with Crippen molar-refractivity contribution in [1.29, 1.82) is 0 Å². The molecule has 1 saturated heterocycles. The van der Waals surface area contributed by atoms with Crippen LogP contribution in [-0.2, 0) is 21.7 Å². The van der Waals surface area contributed by atoms with Crippen molar-refractivity contribution in [3.05, 3.63) is 54.4 Å². The molecule has 2 amide bonds. The molecule has 1 aromatic heterocycles. The zero-order valence-electron chi connectivity index (χ0n) is 15.4. The molecule has 0 atom stereocenters. The Hall–Kier alpha value is -2.38. The average Bonchev–Trinajstić information content (AvgIpc) is 3.22. The normalized spacial score (nSPS) is 15.4. The molecule has 8 heteroatoms. The number of hydrogen-bond acceptors (Lipinski definition) is 4. The van der Waals surface area contributed by atoms with Gasteiger partial charge in [0.2, 0.25) is 11.8 Å². The smallest absolute Gasteiger partial charge is 0.248 e. The number of hydrogen-bond donors (Lipinski definition) is 2. The second kappa shape index (κ2) is 9.53. The van der Waals surface area contributed by atoms with Crippen LogP contribution in [0.1, 0.15) is 18.4 Å². The van der Waals surface area contributed by atoms with Crippen molar-refractivity contribution in [1.82, 2.24) is 25.3 Å². The number of halogens is 1. The van der Waals surface area contributed by atoms with Crippen molar-refractivity contribution in [3.63, 3.8) is 0 Å². The van der Waals surface area contributed by atoms with Crippen LogP contribution in [0.25, 0.3) is 0 Å². The van der Waals surface area contributed by atoms with E-state index in [4.69, 9.17) is 0 Å². The molecule has 27 heavy (non-hydrogen) atoms. The molecule has 1 fully saturated rings. The fourth-order valence-electron chi connectivity index (χ4n) is 3.32. The number of likely N-dealkylation sites (N-methyl/N-ethyl adjacent to an activating group) is 1. The van der Waals surface area contributed by atoms with Crippen molar-refractivity contribution >= 4 is 24.2 Å². The molecule has 0 bridgehead atoms. The van der Waals surface area contributed by atoms with Gasteiger partial charge in [0.05, 0.1) is 6.54 Å². The summed E-state index contributed by atoms with van der Waals surface area (Å²) < 4.78 is 1.72. The third kappa shape index (κ3) is 4.87. The predicted octanol–water partition coefficient (Wildman–Crippen LogP) is 1.16. The molecule has 0 unspecified atom stereocenters. The van der Waals surface area contributed by atoms with E-state index in [9.17, 15) is 9.59 Å². The molecule has 0 spiro atoms. The highest BCUT2D eigenvalue weighted by Gasteiger charge is 2.42. The minimum atomic E-state index is -0.729. The summed E-state index contributed by atoms with van der Waals surface area (Å²) in [5.74, 6) is -0.268. The molecule has 0 saturated carbocycles. The van der Waals surface area contributed by atoms with E-state index in [0.29, 0.717) is 19.4 Å². The lowest BCUT2D eigenvalue weighted by Crippen LogP contribution is -2.55. The maximum absolute atomic E-state index is 12.9. The van der Waals surface area contributed by atoms with Crippen LogP contribution in [0.3, 0.4) is 0 Å². The van der Waals surface area contributed by atoms with Gasteiger partial charge in [-0.05, 0) is 37.6 Å². The fourth-order valence-corrected chi connectivity index (χ4v) is 3.32. The van der Waals surface area contributed by atoms with Crippen LogP contribution in [-0.4, -0.2) is 53.2 Å². The Morgan fingerprint density at radius 2 is 1.93 bits per heavy atom. The van der Waals surface area contributed by atoms with Crippen molar-refractivity contribution < 1.29 is 9.59 Å². The summed E-state index contributed by atoms with van der Waals surface area (Å²) in [5.41, 5.74) is 0.327. The van der Waals surface area contributed by atoms with Crippen molar-refractivity contribution in [2.45, 2.75) is 24.9 Å². The minimum absolute atomic E-state index is 0. The van der Waals surface area contributed by atoms with Gasteiger partial charge in [-0.1, -0.05) is 30.3 Å². The van der Waals surface area contributed by atoms with Crippen LogP contribution in [0, 0.1) is 0 Å². The van der Waals surface area contributed by atoms with Crippen LogP contribution in [0.2, 0.25) is 0 Å². The Morgan fingerprint density at radius 3 is 2.56 bits per heavy atom. The number of rotatable bonds is 6. The average molecular weight is 392 g/mol. The van der Waals surface area contributed by atoms with Gasteiger partial charge >= 0.3 is 0 Å². The number of aromatic nitrogens is 2. The third-order valence-corrected chi connectivity index (χ3v) is 4.88. The van der Waals surface area contributed by atoms with Gasteiger partial charge in [-0.2, -0.15) is 5.10 Å². The molecule has 3 rings (SSSR count). The highest BCUT2D eigenvalue weighted by Crippen LogP contribution is 2.27. The van der Waals surface area contributed by atoms with Gasteiger partial charge < -0.3 is 15.5 Å². The molecule has 1 aliphatic rings. The molecular formula is C19H26ClN5O2. The van der Waals surface area contributed by atoms with Crippen LogP contribution in [0.15, 0.2) is 48.8 Å². The largest absolute Gasteiger partial charge is 0.345 e. The van der Waals surface area contributed by atoms with E-state index in [1.165, 1.54) is 0 Å². The summed E-state index contributed by atoms with van der Waals surface area (Å²) in [6.45, 7) is 1.99. The van der Waals surface area contributed by atoms with Gasteiger partial charge in [-0.3, -0.25) is 14.3 Å². The molecule has 7 nitrogen and oxygen atoms in total. The maximum Gasteiger partial charge on any atom is 0.248 e. The SMILES string of the molecule is CN(Cc1ccccc1)C(=O)CNC(=O)C1(n2cccn2)CCNCC1.Cl. The number of carbonyl (C=O) groups is 2. The van der Waals surface area contributed by atoms with Crippen molar-refractivity contribution in [3.8, 4) is 0 Å². The van der Waals surface area contributed by atoms with Crippen molar-refractivity contribution in [2.75, 3.05) is 26.7 Å². The second-order valence-corrected chi connectivity index (χ2v) is 6.65. The molecule has 2 N–H and O–H groups in total. The summed E-state index contributed by atoms with van der Waals surface area (Å²) in [6.07, 6.45) is 4.78. The Bertz CT molecular complexity index is 730. The Balaban J connectivity index is 0.00000261. The fraction of sp³-hybridized carbons (Fsp3) is 0.421. The number of nitrogens with one attached hydrogen (secondary N) is 2. The molecule has 146 valence electrons. The van der Waals surface area contributed by atoms with Gasteiger partial charge in [0, 0.05) is 26.0 Å². The summed E-state index contributed by atoms with van der Waals surface area (Å²) in [6, 6.07) is 11.6. The topological polar surface area (TPSA) is 79.3 Å². The minimum Gasteiger partial charge on any atom is -0.345 e. The van der Waals surface area contributed by atoms with E-state index >= 15 is 0 Å². The molecule has 1 aromatic carbocycles. The zero-order valence-corrected chi connectivity index (χ0v) is 16.2. The highest BCUT2D eigenvalue weighted by molar-refractivity contribution is 5.89. The summed E-state index contributed by atoms with van der Waals surface area (Å²) >= 11 is 0. The monoisotopic (exact) mass is 391 g/mol. The summed E-state index contributed by atoms with van der Waals surface area (Å²) in [4.78, 5) is 27.0. The predicted molar refractivity (Wildman–Crippen MR) is 105 cm³/mol. The van der Waals surface area contributed by atoms with E-state index < -0.39 is 5.54 Å². The number of benzene rings is 1. The molecule has 2 heterocycles. The Labute approximate surface area is 165 Å². The zero-order chi connectivity index (χ0) is 18.4. The van der Waals surface area contributed by atoms with E-state index in [-0.39, 0.29) is 30.8 Å². The summed E-state index contributed by atoms with van der Waals surface area (Å²) in [7, 11) is 1.75. The molecule has 0 aliphatic carbocycles. The standard InChI is InChI=1S/C19H25N5O2.ClH/c1-23(15-16-6-3-2-4-7-16)17(25)14-21-18(26)19(8-11-20-12-9-19)24-13-5-10-22-24;/h2-7,10,13,20H,8-9,11-12,14-15H2,1H3,(H,21,26);1H. The van der Waals surface area contributed by atoms with E-state index in [2.05, 4.69) is 15.7 Å². The molecule has 2 aromatic rings. The van der Waals surface area contributed by atoms with Crippen LogP contribution in [0.4, 0.5) is 0 Å². The van der Waals surface area contributed by atoms with E-state index in [1.807, 2.05) is 42.6 Å². The van der Waals surface area contributed by atoms with Gasteiger partial charge in [0.15, 0.2) is 0 Å². The van der Waals surface area contributed by atoms with Gasteiger partial charge in [0.25, 0.3) is 0 Å². The first-order chi connectivity index (χ1) is 12.6. The van der Waals surface area contributed by atoms with Crippen LogP contribution < -0.4 is 10.6 Å². The second-order valence-electron chi connectivity index (χ2n) is 6.65. The first-order valence-corrected chi connectivity index (χ1v) is 8.89. The van der Waals surface area contributed by atoms with E-state index in [1.54, 1.807) is 22.8 Å². The lowest BCUT2D eigenvalue weighted by atomic mass is 9.87. The highest BCUT2D eigenvalue weighted by atomic mass is 35.5. The Morgan fingerprint density at radius 1 is 1.22 bits per heavy atom. The quantitative estimate of drug-likeness (QED) is 0.774. The van der Waals surface area contributed by atoms with E-state index in [0.717, 1.165) is 18.7 Å². The lowest BCUT2D eigenvalue weighted by molar-refractivity contribution is -0.136. The molecule has 0 radical (unpaired) electrons. The lowest BCUT2D eigenvalue weighted by Gasteiger charge is -2.36. The van der Waals surface area contributed by atoms with Crippen LogP contribution >= 0.6 is 12.4 Å². The van der Waals surface area contributed by atoms with Gasteiger partial charge in [-0.15, -0.1) is 12.4 Å². The Kier molecular flexibility index (Phi) is 7.38. The van der Waals surface area contributed by atoms with Gasteiger partial charge in [-0.25, -0.2) is 0 Å². The van der Waals surface area contributed by atoms with Crippen molar-refractivity contribution in [2.24, 2.45) is 0 Å². The first-order valence-electron chi connectivity index (χ1n) is 8.89. The summed E-state index contributed by atoms with van der Waals surface area (Å²) in [5, 5.41) is 10.4. The number of carbonyl (C=O) groups excluding carboxylic acids is 2. The van der Waals surface area contributed by atoms with Gasteiger partial charge in [0.1, 0.15) is 5.54 Å². The molecule has 1 aliphatic heterocycles. The number of amides is 2. The number of nitrogens with zero attached hydrogens (tertiary/aromatic N) is 3. The maximum atomic E-state index is 12.9. The molecular weight excluding hydrogens is 366 g/mol.